The Morgan fingerprint density at radius 2 is 2.16 bits per heavy atom. The van der Waals surface area contributed by atoms with Crippen molar-refractivity contribution in [1.29, 1.82) is 0 Å². The number of hydrogen-bond donors (Lipinski definition) is 0. The van der Waals surface area contributed by atoms with Crippen molar-refractivity contribution in [3.8, 4) is 0 Å². The molecule has 1 aliphatic rings. The maximum absolute atomic E-state index is 6.19. The lowest BCUT2D eigenvalue weighted by molar-refractivity contribution is 0.282. The second kappa shape index (κ2) is 5.57. The summed E-state index contributed by atoms with van der Waals surface area (Å²) >= 11 is 0. The van der Waals surface area contributed by atoms with Gasteiger partial charge in [-0.15, -0.1) is 0 Å². The molecule has 2 rings (SSSR count). The molecule has 19 heavy (non-hydrogen) atoms. The van der Waals surface area contributed by atoms with E-state index in [2.05, 4.69) is 38.7 Å². The molecular weight excluding hydrogens is 252 g/mol. The summed E-state index contributed by atoms with van der Waals surface area (Å²) in [7, 11) is -1.47. The van der Waals surface area contributed by atoms with Crippen molar-refractivity contribution in [3.63, 3.8) is 0 Å². The van der Waals surface area contributed by atoms with Crippen LogP contribution in [-0.4, -0.2) is 8.32 Å². The molecule has 0 saturated heterocycles. The van der Waals surface area contributed by atoms with Crippen LogP contribution in [0.25, 0.3) is 0 Å². The van der Waals surface area contributed by atoms with Crippen LogP contribution in [0.1, 0.15) is 38.2 Å². The van der Waals surface area contributed by atoms with Gasteiger partial charge in [0, 0.05) is 6.42 Å². The van der Waals surface area contributed by atoms with Crippen molar-refractivity contribution in [3.05, 3.63) is 36.0 Å². The third-order valence-corrected chi connectivity index (χ3v) is 4.56. The van der Waals surface area contributed by atoms with Crippen LogP contribution < -0.4 is 0 Å². The number of hydrogen-bond acceptors (Lipinski definition) is 2. The zero-order valence-electron chi connectivity index (χ0n) is 12.7. The van der Waals surface area contributed by atoms with E-state index in [1.165, 1.54) is 30.6 Å². The molecule has 0 radical (unpaired) electrons. The van der Waals surface area contributed by atoms with Crippen molar-refractivity contribution in [2.24, 2.45) is 5.41 Å². The first-order valence-corrected chi connectivity index (χ1v) is 10.7. The molecule has 1 aromatic heterocycles. The lowest BCUT2D eigenvalue weighted by atomic mass is 9.76. The highest BCUT2D eigenvalue weighted by atomic mass is 28.4. The maximum atomic E-state index is 6.19. The Balaban J connectivity index is 1.99. The molecule has 1 unspecified atom stereocenters. The van der Waals surface area contributed by atoms with Gasteiger partial charge in [0.05, 0.1) is 18.3 Å². The summed E-state index contributed by atoms with van der Waals surface area (Å²) in [5, 5.41) is 0. The molecule has 0 amide bonds. The molecule has 0 saturated carbocycles. The Labute approximate surface area is 118 Å². The summed E-state index contributed by atoms with van der Waals surface area (Å²) in [6.07, 6.45) is 11.9. The summed E-state index contributed by atoms with van der Waals surface area (Å²) in [5.41, 5.74) is 1.58. The van der Waals surface area contributed by atoms with Gasteiger partial charge in [0.15, 0.2) is 0 Å². The lowest BCUT2D eigenvalue weighted by Gasteiger charge is -2.33. The average Bonchev–Trinajstić information content (AvgIpc) is 2.77. The summed E-state index contributed by atoms with van der Waals surface area (Å²) in [6, 6.07) is 2.06. The molecule has 0 bridgehead atoms. The van der Waals surface area contributed by atoms with Crippen LogP contribution in [-0.2, 0) is 10.8 Å². The molecule has 2 nitrogen and oxygen atoms in total. The predicted octanol–water partition coefficient (Wildman–Crippen LogP) is 5.14. The second-order valence-corrected chi connectivity index (χ2v) is 11.4. The van der Waals surface area contributed by atoms with Gasteiger partial charge in [0.25, 0.3) is 0 Å². The van der Waals surface area contributed by atoms with Crippen molar-refractivity contribution < 1.29 is 8.84 Å². The first kappa shape index (κ1) is 14.4. The lowest BCUT2D eigenvalue weighted by Crippen LogP contribution is -2.28. The average molecular weight is 278 g/mol. The van der Waals surface area contributed by atoms with E-state index >= 15 is 0 Å². The SMILES string of the molecule is CC1(CCc2ccoc2)C=C(O[Si](C)(C)C)CCC1. The summed E-state index contributed by atoms with van der Waals surface area (Å²) in [5.74, 6) is 1.24. The first-order chi connectivity index (χ1) is 8.86. The fraction of sp³-hybridized carbons (Fsp3) is 0.625. The zero-order valence-corrected chi connectivity index (χ0v) is 13.7. The van der Waals surface area contributed by atoms with Gasteiger partial charge in [0.2, 0.25) is 8.32 Å². The smallest absolute Gasteiger partial charge is 0.241 e. The predicted molar refractivity (Wildman–Crippen MR) is 81.5 cm³/mol. The van der Waals surface area contributed by atoms with Crippen LogP contribution >= 0.6 is 0 Å². The Hall–Kier alpha value is -0.963. The minimum atomic E-state index is -1.47. The Bertz CT molecular complexity index is 428. The number of aryl methyl sites for hydroxylation is 1. The van der Waals surface area contributed by atoms with E-state index in [0.717, 1.165) is 12.8 Å². The van der Waals surface area contributed by atoms with Crippen molar-refractivity contribution in [2.75, 3.05) is 0 Å². The highest BCUT2D eigenvalue weighted by Gasteiger charge is 2.28. The van der Waals surface area contributed by atoms with Gasteiger partial charge >= 0.3 is 0 Å². The molecule has 1 aromatic rings. The van der Waals surface area contributed by atoms with E-state index in [1.807, 2.05) is 6.26 Å². The Morgan fingerprint density at radius 1 is 1.37 bits per heavy atom. The monoisotopic (exact) mass is 278 g/mol. The minimum Gasteiger partial charge on any atom is -0.548 e. The van der Waals surface area contributed by atoms with Gasteiger partial charge in [-0.1, -0.05) is 6.92 Å². The van der Waals surface area contributed by atoms with Crippen LogP contribution in [0.5, 0.6) is 0 Å². The van der Waals surface area contributed by atoms with Crippen LogP contribution in [0, 0.1) is 5.41 Å². The third kappa shape index (κ3) is 4.57. The highest BCUT2D eigenvalue weighted by Crippen LogP contribution is 2.38. The van der Waals surface area contributed by atoms with Gasteiger partial charge in [-0.3, -0.25) is 0 Å². The van der Waals surface area contributed by atoms with Crippen molar-refractivity contribution in [1.82, 2.24) is 0 Å². The van der Waals surface area contributed by atoms with Crippen molar-refractivity contribution >= 4 is 8.32 Å². The van der Waals surface area contributed by atoms with E-state index in [0.29, 0.717) is 0 Å². The normalized spacial score (nSPS) is 24.1. The van der Waals surface area contributed by atoms with Gasteiger partial charge in [-0.2, -0.15) is 0 Å². The fourth-order valence-electron chi connectivity index (χ4n) is 2.74. The molecule has 0 aliphatic heterocycles. The van der Waals surface area contributed by atoms with Gasteiger partial charge in [-0.25, -0.2) is 0 Å². The molecule has 106 valence electrons. The van der Waals surface area contributed by atoms with Crippen LogP contribution in [0.2, 0.25) is 19.6 Å². The van der Waals surface area contributed by atoms with Gasteiger partial charge in [-0.05, 0) is 68.4 Å². The largest absolute Gasteiger partial charge is 0.548 e. The number of allylic oxidation sites excluding steroid dienone is 2. The summed E-state index contributed by atoms with van der Waals surface area (Å²) < 4.78 is 11.3. The zero-order chi connectivity index (χ0) is 13.9. The topological polar surface area (TPSA) is 22.4 Å². The van der Waals surface area contributed by atoms with E-state index in [1.54, 1.807) is 6.26 Å². The molecule has 0 fully saturated rings. The first-order valence-electron chi connectivity index (χ1n) is 7.28. The summed E-state index contributed by atoms with van der Waals surface area (Å²) in [4.78, 5) is 0. The highest BCUT2D eigenvalue weighted by molar-refractivity contribution is 6.70. The molecule has 1 aliphatic carbocycles. The van der Waals surface area contributed by atoms with Crippen LogP contribution in [0.15, 0.2) is 34.8 Å². The van der Waals surface area contributed by atoms with Crippen molar-refractivity contribution in [2.45, 2.75) is 58.7 Å². The molecule has 1 atom stereocenters. The van der Waals surface area contributed by atoms with E-state index in [-0.39, 0.29) is 5.41 Å². The number of furan rings is 1. The molecule has 0 aromatic carbocycles. The standard InChI is InChI=1S/C16H26O2Si/c1-16(10-7-14-8-11-17-13-14)9-5-6-15(12-16)18-19(2,3)4/h8,11-13H,5-7,9-10H2,1-4H3. The van der Waals surface area contributed by atoms with Gasteiger partial charge < -0.3 is 8.84 Å². The third-order valence-electron chi connectivity index (χ3n) is 3.68. The quantitative estimate of drug-likeness (QED) is 0.696. The van der Waals surface area contributed by atoms with E-state index in [4.69, 9.17) is 8.84 Å². The fourth-order valence-corrected chi connectivity index (χ4v) is 3.68. The van der Waals surface area contributed by atoms with E-state index < -0.39 is 8.32 Å². The molecule has 3 heteroatoms. The van der Waals surface area contributed by atoms with Crippen LogP contribution in [0.4, 0.5) is 0 Å². The minimum absolute atomic E-state index is 0.282. The van der Waals surface area contributed by atoms with E-state index in [9.17, 15) is 0 Å². The van der Waals surface area contributed by atoms with Crippen LogP contribution in [0.3, 0.4) is 0 Å². The van der Waals surface area contributed by atoms with Gasteiger partial charge in [0.1, 0.15) is 0 Å². The Kier molecular flexibility index (Phi) is 4.24. The second-order valence-electron chi connectivity index (χ2n) is 6.96. The molecular formula is C16H26O2Si. The molecule has 1 heterocycles. The Morgan fingerprint density at radius 3 is 2.79 bits per heavy atom. The summed E-state index contributed by atoms with van der Waals surface area (Å²) in [6.45, 7) is 9.13. The molecule has 0 N–H and O–H groups in total. The molecule has 0 spiro atoms. The number of rotatable bonds is 5. The maximum Gasteiger partial charge on any atom is 0.241 e.